The van der Waals surface area contributed by atoms with Crippen molar-refractivity contribution >= 4 is 0 Å². The molecule has 1 N–H and O–H groups in total. The van der Waals surface area contributed by atoms with Crippen LogP contribution in [0.4, 0.5) is 0 Å². The highest BCUT2D eigenvalue weighted by molar-refractivity contribution is 4.76. The molecule has 12 heavy (non-hydrogen) atoms. The highest BCUT2D eigenvalue weighted by Crippen LogP contribution is 2.30. The average molecular weight is 170 g/mol. The number of aliphatic hydroxyl groups is 1. The Morgan fingerprint density at radius 1 is 1.25 bits per heavy atom. The molecule has 1 aliphatic carbocycles. The van der Waals surface area contributed by atoms with E-state index < -0.39 is 0 Å². The minimum absolute atomic E-state index is 0.0321. The van der Waals surface area contributed by atoms with Gasteiger partial charge in [-0.3, -0.25) is 0 Å². The third-order valence-corrected chi connectivity index (χ3v) is 3.36. The van der Waals surface area contributed by atoms with Crippen molar-refractivity contribution in [2.75, 3.05) is 0 Å². The van der Waals surface area contributed by atoms with Crippen LogP contribution in [-0.4, -0.2) is 11.2 Å². The topological polar surface area (TPSA) is 20.2 Å². The lowest BCUT2D eigenvalue weighted by molar-refractivity contribution is 0.0385. The monoisotopic (exact) mass is 170 g/mol. The summed E-state index contributed by atoms with van der Waals surface area (Å²) in [5, 5.41) is 9.94. The van der Waals surface area contributed by atoms with Crippen LogP contribution in [0, 0.1) is 11.8 Å². The van der Waals surface area contributed by atoms with Gasteiger partial charge in [0, 0.05) is 0 Å². The lowest BCUT2D eigenvalue weighted by atomic mass is 9.80. The molecule has 1 aliphatic rings. The maximum atomic E-state index is 9.94. The van der Waals surface area contributed by atoms with E-state index in [9.17, 15) is 5.11 Å². The van der Waals surface area contributed by atoms with Crippen molar-refractivity contribution in [3.8, 4) is 0 Å². The lowest BCUT2D eigenvalue weighted by Gasteiger charge is -2.30. The fourth-order valence-corrected chi connectivity index (χ4v) is 2.18. The normalized spacial score (nSPS) is 25.2. The first kappa shape index (κ1) is 10.0. The van der Waals surface area contributed by atoms with E-state index in [4.69, 9.17) is 0 Å². The maximum absolute atomic E-state index is 9.94. The molecule has 0 amide bonds. The molecule has 1 heteroatoms. The summed E-state index contributed by atoms with van der Waals surface area (Å²) in [5.74, 6) is 1.10. The van der Waals surface area contributed by atoms with E-state index in [0.717, 1.165) is 6.42 Å². The predicted octanol–water partition coefficient (Wildman–Crippen LogP) is 2.97. The zero-order valence-corrected chi connectivity index (χ0v) is 8.42. The van der Waals surface area contributed by atoms with Gasteiger partial charge >= 0.3 is 0 Å². The van der Waals surface area contributed by atoms with Crippen molar-refractivity contribution in [2.45, 2.75) is 58.5 Å². The van der Waals surface area contributed by atoms with E-state index in [1.807, 2.05) is 0 Å². The molecule has 0 bridgehead atoms. The molecule has 0 aliphatic heterocycles. The van der Waals surface area contributed by atoms with Gasteiger partial charge in [0.25, 0.3) is 0 Å². The molecule has 1 nitrogen and oxygen atoms in total. The highest BCUT2D eigenvalue weighted by Gasteiger charge is 2.24. The van der Waals surface area contributed by atoms with Gasteiger partial charge in [0.05, 0.1) is 6.10 Å². The van der Waals surface area contributed by atoms with Gasteiger partial charge in [0.2, 0.25) is 0 Å². The number of hydrogen-bond acceptors (Lipinski definition) is 1. The maximum Gasteiger partial charge on any atom is 0.0593 e. The van der Waals surface area contributed by atoms with Gasteiger partial charge in [-0.25, -0.2) is 0 Å². The standard InChI is InChI=1S/C11H22O/c1-3-9(2)11(12)10-7-5-4-6-8-10/h9-12H,3-8H2,1-2H3/t9-,11+/m1/s1. The van der Waals surface area contributed by atoms with Crippen LogP contribution >= 0.6 is 0 Å². The van der Waals surface area contributed by atoms with E-state index in [1.165, 1.54) is 32.1 Å². The van der Waals surface area contributed by atoms with Gasteiger partial charge in [0.1, 0.15) is 0 Å². The van der Waals surface area contributed by atoms with Crippen molar-refractivity contribution in [3.63, 3.8) is 0 Å². The Morgan fingerprint density at radius 2 is 1.83 bits per heavy atom. The minimum atomic E-state index is -0.0321. The molecular formula is C11H22O. The largest absolute Gasteiger partial charge is 0.393 e. The molecule has 0 aromatic heterocycles. The Hall–Kier alpha value is -0.0400. The van der Waals surface area contributed by atoms with E-state index in [-0.39, 0.29) is 6.10 Å². The molecule has 2 atom stereocenters. The molecule has 72 valence electrons. The first-order chi connectivity index (χ1) is 5.75. The second kappa shape index (κ2) is 4.86. The molecule has 1 saturated carbocycles. The third-order valence-electron chi connectivity index (χ3n) is 3.36. The van der Waals surface area contributed by atoms with Crippen LogP contribution in [0.25, 0.3) is 0 Å². The summed E-state index contributed by atoms with van der Waals surface area (Å²) < 4.78 is 0. The van der Waals surface area contributed by atoms with Crippen molar-refractivity contribution in [1.82, 2.24) is 0 Å². The Bertz CT molecular complexity index is 116. The second-order valence-corrected chi connectivity index (χ2v) is 4.27. The van der Waals surface area contributed by atoms with Crippen molar-refractivity contribution < 1.29 is 5.11 Å². The first-order valence-electron chi connectivity index (χ1n) is 5.43. The molecule has 0 aromatic rings. The third kappa shape index (κ3) is 2.48. The molecule has 0 heterocycles. The lowest BCUT2D eigenvalue weighted by Crippen LogP contribution is -2.28. The van der Waals surface area contributed by atoms with Crippen LogP contribution in [0.15, 0.2) is 0 Å². The van der Waals surface area contributed by atoms with Gasteiger partial charge in [-0.2, -0.15) is 0 Å². The summed E-state index contributed by atoms with van der Waals surface area (Å²) in [6.45, 7) is 4.33. The molecule has 0 saturated heterocycles. The predicted molar refractivity (Wildman–Crippen MR) is 52.0 cm³/mol. The summed E-state index contributed by atoms with van der Waals surface area (Å²) >= 11 is 0. The van der Waals surface area contributed by atoms with Crippen LogP contribution in [0.3, 0.4) is 0 Å². The first-order valence-corrected chi connectivity index (χ1v) is 5.43. The molecule has 1 rings (SSSR count). The Morgan fingerprint density at radius 3 is 2.33 bits per heavy atom. The van der Waals surface area contributed by atoms with Gasteiger partial charge < -0.3 is 5.11 Å². The average Bonchev–Trinajstić information content (AvgIpc) is 2.17. The number of aliphatic hydroxyl groups excluding tert-OH is 1. The van der Waals surface area contributed by atoms with Gasteiger partial charge in [-0.1, -0.05) is 39.5 Å². The van der Waals surface area contributed by atoms with Crippen LogP contribution < -0.4 is 0 Å². The van der Waals surface area contributed by atoms with E-state index in [2.05, 4.69) is 13.8 Å². The summed E-state index contributed by atoms with van der Waals surface area (Å²) in [5.41, 5.74) is 0. The van der Waals surface area contributed by atoms with Gasteiger partial charge in [-0.15, -0.1) is 0 Å². The van der Waals surface area contributed by atoms with Crippen molar-refractivity contribution in [1.29, 1.82) is 0 Å². The number of hydrogen-bond donors (Lipinski definition) is 1. The molecule has 1 fully saturated rings. The Balaban J connectivity index is 2.33. The van der Waals surface area contributed by atoms with Crippen LogP contribution in [-0.2, 0) is 0 Å². The minimum Gasteiger partial charge on any atom is -0.393 e. The van der Waals surface area contributed by atoms with E-state index in [0.29, 0.717) is 11.8 Å². The summed E-state index contributed by atoms with van der Waals surface area (Å²) in [4.78, 5) is 0. The molecule has 0 spiro atoms. The number of rotatable bonds is 3. The Labute approximate surface area is 76.2 Å². The smallest absolute Gasteiger partial charge is 0.0593 e. The summed E-state index contributed by atoms with van der Waals surface area (Å²) in [6.07, 6.45) is 7.63. The molecular weight excluding hydrogens is 148 g/mol. The highest BCUT2D eigenvalue weighted by atomic mass is 16.3. The van der Waals surface area contributed by atoms with Crippen molar-refractivity contribution in [3.05, 3.63) is 0 Å². The molecule has 0 aromatic carbocycles. The van der Waals surface area contributed by atoms with Gasteiger partial charge in [0.15, 0.2) is 0 Å². The van der Waals surface area contributed by atoms with Crippen LogP contribution in [0.5, 0.6) is 0 Å². The van der Waals surface area contributed by atoms with E-state index in [1.54, 1.807) is 0 Å². The van der Waals surface area contributed by atoms with Crippen molar-refractivity contribution in [2.24, 2.45) is 11.8 Å². The zero-order chi connectivity index (χ0) is 8.97. The fourth-order valence-electron chi connectivity index (χ4n) is 2.18. The quantitative estimate of drug-likeness (QED) is 0.690. The SMILES string of the molecule is CC[C@@H](C)[C@H](O)C1CCCCC1. The zero-order valence-electron chi connectivity index (χ0n) is 8.42. The Kier molecular flexibility index (Phi) is 4.07. The molecule has 0 unspecified atom stereocenters. The van der Waals surface area contributed by atoms with E-state index >= 15 is 0 Å². The summed E-state index contributed by atoms with van der Waals surface area (Å²) in [7, 11) is 0. The van der Waals surface area contributed by atoms with Crippen LogP contribution in [0.2, 0.25) is 0 Å². The second-order valence-electron chi connectivity index (χ2n) is 4.27. The van der Waals surface area contributed by atoms with Crippen LogP contribution in [0.1, 0.15) is 52.4 Å². The fraction of sp³-hybridized carbons (Fsp3) is 1.00. The van der Waals surface area contributed by atoms with Gasteiger partial charge in [-0.05, 0) is 24.7 Å². The molecule has 0 radical (unpaired) electrons. The summed E-state index contributed by atoms with van der Waals surface area (Å²) in [6, 6.07) is 0.